The molecule has 0 aliphatic rings. The predicted molar refractivity (Wildman–Crippen MR) is 58.7 cm³/mol. The van der Waals surface area contributed by atoms with Gasteiger partial charge in [-0.2, -0.15) is 4.98 Å². The summed E-state index contributed by atoms with van der Waals surface area (Å²) in [6.07, 6.45) is 2.01. The standard InChI is InChI=1S/C11H16N2O3/c1-4-16-10-8(11(14)15)6-12-9(13-10)5-7(2)3/h6-7H,4-5H2,1-3H3,(H,14,15). The maximum absolute atomic E-state index is 10.9. The summed E-state index contributed by atoms with van der Waals surface area (Å²) in [5, 5.41) is 8.91. The highest BCUT2D eigenvalue weighted by Crippen LogP contribution is 2.15. The fraction of sp³-hybridized carbons (Fsp3) is 0.545. The summed E-state index contributed by atoms with van der Waals surface area (Å²) in [6.45, 7) is 6.28. The van der Waals surface area contributed by atoms with Crippen LogP contribution in [0.25, 0.3) is 0 Å². The van der Waals surface area contributed by atoms with Crippen molar-refractivity contribution in [3.63, 3.8) is 0 Å². The lowest BCUT2D eigenvalue weighted by Crippen LogP contribution is -2.09. The van der Waals surface area contributed by atoms with Crippen LogP contribution in [0.3, 0.4) is 0 Å². The molecule has 0 atom stereocenters. The molecule has 0 saturated heterocycles. The van der Waals surface area contributed by atoms with Crippen molar-refractivity contribution >= 4 is 5.97 Å². The fourth-order valence-electron chi connectivity index (χ4n) is 1.26. The molecule has 0 radical (unpaired) electrons. The van der Waals surface area contributed by atoms with Crippen molar-refractivity contribution in [2.75, 3.05) is 6.61 Å². The van der Waals surface area contributed by atoms with E-state index in [0.717, 1.165) is 0 Å². The third kappa shape index (κ3) is 3.18. The molecule has 0 amide bonds. The van der Waals surface area contributed by atoms with E-state index >= 15 is 0 Å². The van der Waals surface area contributed by atoms with Crippen LogP contribution in [0.5, 0.6) is 5.88 Å². The number of hydrogen-bond donors (Lipinski definition) is 1. The maximum Gasteiger partial charge on any atom is 0.342 e. The van der Waals surface area contributed by atoms with Crippen molar-refractivity contribution < 1.29 is 14.6 Å². The van der Waals surface area contributed by atoms with Crippen molar-refractivity contribution in [2.45, 2.75) is 27.2 Å². The molecule has 1 aromatic rings. The number of carboxylic acid groups (broad SMARTS) is 1. The molecule has 0 aliphatic carbocycles. The normalized spacial score (nSPS) is 10.5. The summed E-state index contributed by atoms with van der Waals surface area (Å²) >= 11 is 0. The molecule has 1 heterocycles. The third-order valence-corrected chi connectivity index (χ3v) is 1.91. The summed E-state index contributed by atoms with van der Waals surface area (Å²) < 4.78 is 5.19. The third-order valence-electron chi connectivity index (χ3n) is 1.91. The maximum atomic E-state index is 10.9. The van der Waals surface area contributed by atoms with Crippen molar-refractivity contribution in [1.29, 1.82) is 0 Å². The van der Waals surface area contributed by atoms with Crippen molar-refractivity contribution in [1.82, 2.24) is 9.97 Å². The lowest BCUT2D eigenvalue weighted by molar-refractivity contribution is 0.0691. The molecule has 0 saturated carbocycles. The SMILES string of the molecule is CCOc1nc(CC(C)C)ncc1C(=O)O. The molecule has 0 bridgehead atoms. The first-order valence-electron chi connectivity index (χ1n) is 5.26. The van der Waals surface area contributed by atoms with Crippen LogP contribution in [-0.2, 0) is 6.42 Å². The Kier molecular flexibility index (Phi) is 4.22. The first-order chi connectivity index (χ1) is 7.54. The highest BCUT2D eigenvalue weighted by molar-refractivity contribution is 5.89. The Hall–Kier alpha value is -1.65. The Labute approximate surface area is 94.5 Å². The van der Waals surface area contributed by atoms with E-state index in [4.69, 9.17) is 9.84 Å². The molecular weight excluding hydrogens is 208 g/mol. The topological polar surface area (TPSA) is 72.3 Å². The average molecular weight is 224 g/mol. The smallest absolute Gasteiger partial charge is 0.342 e. The summed E-state index contributed by atoms with van der Waals surface area (Å²) in [6, 6.07) is 0. The van der Waals surface area contributed by atoms with Crippen LogP contribution in [0.4, 0.5) is 0 Å². The molecule has 1 rings (SSSR count). The first kappa shape index (κ1) is 12.4. The van der Waals surface area contributed by atoms with Crippen LogP contribution < -0.4 is 4.74 Å². The Bertz CT molecular complexity index is 377. The van der Waals surface area contributed by atoms with Crippen LogP contribution >= 0.6 is 0 Å². The zero-order chi connectivity index (χ0) is 12.1. The number of hydrogen-bond acceptors (Lipinski definition) is 4. The predicted octanol–water partition coefficient (Wildman–Crippen LogP) is 1.77. The van der Waals surface area contributed by atoms with E-state index in [1.54, 1.807) is 6.92 Å². The van der Waals surface area contributed by atoms with Gasteiger partial charge in [0.15, 0.2) is 0 Å². The van der Waals surface area contributed by atoms with Crippen LogP contribution in [0, 0.1) is 5.92 Å². The minimum absolute atomic E-state index is 0.00866. The lowest BCUT2D eigenvalue weighted by Gasteiger charge is -2.08. The Morgan fingerprint density at radius 2 is 2.25 bits per heavy atom. The number of carboxylic acids is 1. The largest absolute Gasteiger partial charge is 0.477 e. The molecule has 0 spiro atoms. The summed E-state index contributed by atoms with van der Waals surface area (Å²) in [7, 11) is 0. The number of aromatic carboxylic acids is 1. The zero-order valence-electron chi connectivity index (χ0n) is 9.73. The van der Waals surface area contributed by atoms with E-state index in [1.165, 1.54) is 6.20 Å². The van der Waals surface area contributed by atoms with Crippen LogP contribution in [-0.4, -0.2) is 27.7 Å². The average Bonchev–Trinajstić information content (AvgIpc) is 2.17. The summed E-state index contributed by atoms with van der Waals surface area (Å²) in [5.74, 6) is 0.119. The van der Waals surface area contributed by atoms with Gasteiger partial charge >= 0.3 is 5.97 Å². The van der Waals surface area contributed by atoms with Gasteiger partial charge in [0.25, 0.3) is 0 Å². The number of nitrogens with zero attached hydrogens (tertiary/aromatic N) is 2. The number of rotatable bonds is 5. The molecule has 0 unspecified atom stereocenters. The van der Waals surface area contributed by atoms with Crippen LogP contribution in [0.15, 0.2) is 6.20 Å². The van der Waals surface area contributed by atoms with Gasteiger partial charge in [0.2, 0.25) is 5.88 Å². The highest BCUT2D eigenvalue weighted by Gasteiger charge is 2.15. The minimum atomic E-state index is -1.07. The number of ether oxygens (including phenoxy) is 1. The van der Waals surface area contributed by atoms with Gasteiger partial charge in [0.05, 0.1) is 6.61 Å². The van der Waals surface area contributed by atoms with Crippen LogP contribution in [0.2, 0.25) is 0 Å². The Morgan fingerprint density at radius 3 is 2.75 bits per heavy atom. The summed E-state index contributed by atoms with van der Waals surface area (Å²) in [4.78, 5) is 19.0. The van der Waals surface area contributed by atoms with Crippen molar-refractivity contribution in [2.24, 2.45) is 5.92 Å². The van der Waals surface area contributed by atoms with Crippen molar-refractivity contribution in [3.8, 4) is 5.88 Å². The second kappa shape index (κ2) is 5.44. The monoisotopic (exact) mass is 224 g/mol. The van der Waals surface area contributed by atoms with E-state index in [-0.39, 0.29) is 11.4 Å². The van der Waals surface area contributed by atoms with Gasteiger partial charge in [-0.15, -0.1) is 0 Å². The molecule has 88 valence electrons. The second-order valence-corrected chi connectivity index (χ2v) is 3.84. The highest BCUT2D eigenvalue weighted by atomic mass is 16.5. The molecule has 1 aromatic heterocycles. The fourth-order valence-corrected chi connectivity index (χ4v) is 1.26. The van der Waals surface area contributed by atoms with E-state index in [9.17, 15) is 4.79 Å². The van der Waals surface area contributed by atoms with Gasteiger partial charge in [-0.3, -0.25) is 0 Å². The molecule has 5 nitrogen and oxygen atoms in total. The van der Waals surface area contributed by atoms with Gasteiger partial charge in [0, 0.05) is 12.6 Å². The van der Waals surface area contributed by atoms with Gasteiger partial charge in [-0.05, 0) is 12.8 Å². The van der Waals surface area contributed by atoms with Gasteiger partial charge in [0.1, 0.15) is 11.4 Å². The van der Waals surface area contributed by atoms with E-state index in [1.807, 2.05) is 0 Å². The van der Waals surface area contributed by atoms with Crippen molar-refractivity contribution in [3.05, 3.63) is 17.6 Å². The molecule has 16 heavy (non-hydrogen) atoms. The Balaban J connectivity index is 3.02. The molecule has 1 N–H and O–H groups in total. The lowest BCUT2D eigenvalue weighted by atomic mass is 10.1. The molecular formula is C11H16N2O3. The molecule has 0 aromatic carbocycles. The van der Waals surface area contributed by atoms with Gasteiger partial charge < -0.3 is 9.84 Å². The zero-order valence-corrected chi connectivity index (χ0v) is 9.73. The van der Waals surface area contributed by atoms with E-state index in [2.05, 4.69) is 23.8 Å². The van der Waals surface area contributed by atoms with E-state index in [0.29, 0.717) is 24.8 Å². The second-order valence-electron chi connectivity index (χ2n) is 3.84. The number of carbonyl (C=O) groups is 1. The molecule has 0 aliphatic heterocycles. The summed E-state index contributed by atoms with van der Waals surface area (Å²) in [5.41, 5.74) is 0.00866. The first-order valence-corrected chi connectivity index (χ1v) is 5.26. The van der Waals surface area contributed by atoms with E-state index < -0.39 is 5.97 Å². The van der Waals surface area contributed by atoms with Gasteiger partial charge in [-0.1, -0.05) is 13.8 Å². The molecule has 0 fully saturated rings. The quantitative estimate of drug-likeness (QED) is 0.825. The minimum Gasteiger partial charge on any atom is -0.477 e. The Morgan fingerprint density at radius 1 is 1.56 bits per heavy atom. The van der Waals surface area contributed by atoms with Gasteiger partial charge in [-0.25, -0.2) is 9.78 Å². The molecule has 5 heteroatoms. The number of aromatic nitrogens is 2. The van der Waals surface area contributed by atoms with Crippen LogP contribution in [0.1, 0.15) is 37.0 Å².